The number of phenolic OH excluding ortho intramolecular Hbond substituents is 1. The molecule has 17 heavy (non-hydrogen) atoms. The monoisotopic (exact) mass is 236 g/mol. The molecule has 0 aliphatic carbocycles. The van der Waals surface area contributed by atoms with Crippen LogP contribution in [0.1, 0.15) is 5.56 Å². The first kappa shape index (κ1) is 12.4. The average molecular weight is 236 g/mol. The summed E-state index contributed by atoms with van der Waals surface area (Å²) in [4.78, 5) is 2.23. The maximum absolute atomic E-state index is 9.40. The van der Waals surface area contributed by atoms with Gasteiger partial charge < -0.3 is 20.5 Å². The summed E-state index contributed by atoms with van der Waals surface area (Å²) in [6, 6.07) is 7.21. The molecule has 1 heterocycles. The fraction of sp³-hybridized carbons (Fsp3) is 0.538. The Bertz CT molecular complexity index is 370. The van der Waals surface area contributed by atoms with Gasteiger partial charge >= 0.3 is 0 Å². The standard InChI is InChI=1S/C13H20N2O2/c1-15-5-6-17-13(9-15)12(14)8-10-3-2-4-11(16)7-10/h2-4,7,12-13,16H,5-6,8-9,14H2,1H3. The van der Waals surface area contributed by atoms with E-state index in [1.54, 1.807) is 12.1 Å². The van der Waals surface area contributed by atoms with Crippen LogP contribution in [0.5, 0.6) is 5.75 Å². The van der Waals surface area contributed by atoms with E-state index in [0.717, 1.165) is 31.7 Å². The minimum atomic E-state index is -0.0282. The van der Waals surface area contributed by atoms with Crippen molar-refractivity contribution in [3.63, 3.8) is 0 Å². The van der Waals surface area contributed by atoms with E-state index in [1.807, 2.05) is 12.1 Å². The molecule has 0 saturated carbocycles. The highest BCUT2D eigenvalue weighted by Crippen LogP contribution is 2.15. The van der Waals surface area contributed by atoms with Crippen molar-refractivity contribution in [3.8, 4) is 5.75 Å². The second-order valence-electron chi connectivity index (χ2n) is 4.71. The Morgan fingerprint density at radius 2 is 2.41 bits per heavy atom. The van der Waals surface area contributed by atoms with Gasteiger partial charge in [0.1, 0.15) is 5.75 Å². The molecule has 2 unspecified atom stereocenters. The fourth-order valence-corrected chi connectivity index (χ4v) is 2.16. The van der Waals surface area contributed by atoms with Gasteiger partial charge in [0.2, 0.25) is 0 Å². The summed E-state index contributed by atoms with van der Waals surface area (Å²) in [5.41, 5.74) is 7.21. The number of phenols is 1. The van der Waals surface area contributed by atoms with Gasteiger partial charge in [0.25, 0.3) is 0 Å². The molecule has 1 saturated heterocycles. The van der Waals surface area contributed by atoms with Crippen LogP contribution in [0.25, 0.3) is 0 Å². The predicted octanol–water partition coefficient (Wildman–Crippen LogP) is 0.593. The third-order valence-corrected chi connectivity index (χ3v) is 3.16. The fourth-order valence-electron chi connectivity index (χ4n) is 2.16. The molecule has 1 aliphatic heterocycles. The largest absolute Gasteiger partial charge is 0.508 e. The Kier molecular flexibility index (Phi) is 3.99. The van der Waals surface area contributed by atoms with E-state index < -0.39 is 0 Å². The first-order valence-electron chi connectivity index (χ1n) is 5.99. The van der Waals surface area contributed by atoms with E-state index in [1.165, 1.54) is 0 Å². The molecule has 1 aromatic carbocycles. The first-order valence-corrected chi connectivity index (χ1v) is 5.99. The van der Waals surface area contributed by atoms with E-state index in [0.29, 0.717) is 0 Å². The van der Waals surface area contributed by atoms with Crippen molar-refractivity contribution in [1.82, 2.24) is 4.90 Å². The number of likely N-dealkylation sites (N-methyl/N-ethyl adjacent to an activating group) is 1. The third-order valence-electron chi connectivity index (χ3n) is 3.16. The summed E-state index contributed by atoms with van der Waals surface area (Å²) in [6.45, 7) is 2.59. The van der Waals surface area contributed by atoms with Gasteiger partial charge in [-0.2, -0.15) is 0 Å². The number of hydrogen-bond donors (Lipinski definition) is 2. The number of morpholine rings is 1. The molecule has 0 bridgehead atoms. The third kappa shape index (κ3) is 3.43. The van der Waals surface area contributed by atoms with Gasteiger partial charge in [0.15, 0.2) is 0 Å². The number of rotatable bonds is 3. The number of benzene rings is 1. The molecule has 1 aliphatic rings. The second-order valence-corrected chi connectivity index (χ2v) is 4.71. The molecule has 2 rings (SSSR count). The summed E-state index contributed by atoms with van der Waals surface area (Å²) in [5.74, 6) is 0.288. The molecular weight excluding hydrogens is 216 g/mol. The van der Waals surface area contributed by atoms with Crippen LogP contribution >= 0.6 is 0 Å². The molecule has 94 valence electrons. The molecule has 4 heteroatoms. The van der Waals surface area contributed by atoms with E-state index in [-0.39, 0.29) is 17.9 Å². The van der Waals surface area contributed by atoms with Crippen LogP contribution in [0.15, 0.2) is 24.3 Å². The van der Waals surface area contributed by atoms with Gasteiger partial charge in [-0.15, -0.1) is 0 Å². The Hall–Kier alpha value is -1.10. The predicted molar refractivity (Wildman–Crippen MR) is 67.0 cm³/mol. The lowest BCUT2D eigenvalue weighted by atomic mass is 10.0. The minimum absolute atomic E-state index is 0.0282. The number of nitrogens with zero attached hydrogens (tertiary/aromatic N) is 1. The smallest absolute Gasteiger partial charge is 0.115 e. The van der Waals surface area contributed by atoms with Gasteiger partial charge in [0, 0.05) is 19.1 Å². The second kappa shape index (κ2) is 5.49. The van der Waals surface area contributed by atoms with Crippen LogP contribution in [0, 0.1) is 0 Å². The summed E-state index contributed by atoms with van der Waals surface area (Å²) < 4.78 is 5.68. The van der Waals surface area contributed by atoms with Crippen LogP contribution in [-0.2, 0) is 11.2 Å². The van der Waals surface area contributed by atoms with Gasteiger partial charge in [-0.05, 0) is 31.2 Å². The number of hydrogen-bond acceptors (Lipinski definition) is 4. The SMILES string of the molecule is CN1CCOC(C(N)Cc2cccc(O)c2)C1. The lowest BCUT2D eigenvalue weighted by Gasteiger charge is -2.33. The van der Waals surface area contributed by atoms with Crippen LogP contribution in [-0.4, -0.2) is 48.9 Å². The van der Waals surface area contributed by atoms with Crippen LogP contribution < -0.4 is 5.73 Å². The Morgan fingerprint density at radius 3 is 3.12 bits per heavy atom. The summed E-state index contributed by atoms with van der Waals surface area (Å²) in [7, 11) is 2.08. The van der Waals surface area contributed by atoms with Crippen LogP contribution in [0.4, 0.5) is 0 Å². The van der Waals surface area contributed by atoms with Gasteiger partial charge in [-0.25, -0.2) is 0 Å². The zero-order valence-corrected chi connectivity index (χ0v) is 10.2. The van der Waals surface area contributed by atoms with Gasteiger partial charge in [-0.3, -0.25) is 0 Å². The highest BCUT2D eigenvalue weighted by molar-refractivity contribution is 5.27. The molecule has 1 aromatic rings. The van der Waals surface area contributed by atoms with Crippen LogP contribution in [0.2, 0.25) is 0 Å². The summed E-state index contributed by atoms with van der Waals surface area (Å²) in [5, 5.41) is 9.40. The minimum Gasteiger partial charge on any atom is -0.508 e. The maximum Gasteiger partial charge on any atom is 0.115 e. The zero-order valence-electron chi connectivity index (χ0n) is 10.2. The molecule has 0 aromatic heterocycles. The molecular formula is C13H20N2O2. The van der Waals surface area contributed by atoms with Crippen molar-refractivity contribution >= 4 is 0 Å². The first-order chi connectivity index (χ1) is 8.15. The molecule has 1 fully saturated rings. The summed E-state index contributed by atoms with van der Waals surface area (Å²) in [6.07, 6.45) is 0.809. The Balaban J connectivity index is 1.94. The number of aromatic hydroxyl groups is 1. The van der Waals surface area contributed by atoms with Crippen molar-refractivity contribution < 1.29 is 9.84 Å². The van der Waals surface area contributed by atoms with E-state index in [9.17, 15) is 5.11 Å². The molecule has 3 N–H and O–H groups in total. The summed E-state index contributed by atoms with van der Waals surface area (Å²) >= 11 is 0. The van der Waals surface area contributed by atoms with Crippen molar-refractivity contribution in [2.75, 3.05) is 26.7 Å². The zero-order chi connectivity index (χ0) is 12.3. The van der Waals surface area contributed by atoms with Gasteiger partial charge in [-0.1, -0.05) is 12.1 Å². The molecule has 2 atom stereocenters. The highest BCUT2D eigenvalue weighted by Gasteiger charge is 2.24. The Morgan fingerprint density at radius 1 is 1.59 bits per heavy atom. The quantitative estimate of drug-likeness (QED) is 0.806. The van der Waals surface area contributed by atoms with Crippen LogP contribution in [0.3, 0.4) is 0 Å². The molecule has 0 radical (unpaired) electrons. The van der Waals surface area contributed by atoms with E-state index >= 15 is 0 Å². The Labute approximate surface area is 102 Å². The van der Waals surface area contributed by atoms with Crippen molar-refractivity contribution in [2.45, 2.75) is 18.6 Å². The lowest BCUT2D eigenvalue weighted by molar-refractivity contribution is -0.0319. The van der Waals surface area contributed by atoms with Gasteiger partial charge in [0.05, 0.1) is 12.7 Å². The molecule has 0 amide bonds. The number of nitrogens with two attached hydrogens (primary N) is 1. The lowest BCUT2D eigenvalue weighted by Crippen LogP contribution is -2.50. The van der Waals surface area contributed by atoms with E-state index in [4.69, 9.17) is 10.5 Å². The van der Waals surface area contributed by atoms with E-state index in [2.05, 4.69) is 11.9 Å². The topological polar surface area (TPSA) is 58.7 Å². The molecule has 0 spiro atoms. The highest BCUT2D eigenvalue weighted by atomic mass is 16.5. The van der Waals surface area contributed by atoms with Crippen molar-refractivity contribution in [2.24, 2.45) is 5.73 Å². The normalized spacial score (nSPS) is 23.5. The maximum atomic E-state index is 9.40. The van der Waals surface area contributed by atoms with Crippen molar-refractivity contribution in [1.29, 1.82) is 0 Å². The van der Waals surface area contributed by atoms with Crippen molar-refractivity contribution in [3.05, 3.63) is 29.8 Å². The average Bonchev–Trinajstić information content (AvgIpc) is 2.29. The molecule has 4 nitrogen and oxygen atoms in total. The number of ether oxygens (including phenoxy) is 1.